The molecule has 0 atom stereocenters. The molecule has 0 aliphatic heterocycles. The van der Waals surface area contributed by atoms with Crippen LogP contribution >= 0.6 is 39.1 Å². The summed E-state index contributed by atoms with van der Waals surface area (Å²) in [4.78, 5) is 11.9. The molecule has 0 N–H and O–H groups in total. The van der Waals surface area contributed by atoms with Gasteiger partial charge in [0.1, 0.15) is 5.60 Å². The average molecular weight is 340 g/mol. The van der Waals surface area contributed by atoms with E-state index in [0.29, 0.717) is 15.4 Å². The largest absolute Gasteiger partial charge is 0.456 e. The minimum absolute atomic E-state index is 0.216. The van der Waals surface area contributed by atoms with Gasteiger partial charge in [-0.3, -0.25) is 0 Å². The van der Waals surface area contributed by atoms with E-state index in [4.69, 9.17) is 27.9 Å². The summed E-state index contributed by atoms with van der Waals surface area (Å²) < 4.78 is 5.24. The topological polar surface area (TPSA) is 26.3 Å². The predicted molar refractivity (Wildman–Crippen MR) is 74.3 cm³/mol. The van der Waals surface area contributed by atoms with Gasteiger partial charge in [0.15, 0.2) is 0 Å². The van der Waals surface area contributed by atoms with Gasteiger partial charge in [-0.2, -0.15) is 0 Å². The second-order valence-corrected chi connectivity index (χ2v) is 5.95. The Bertz CT molecular complexity index is 416. The molecule has 0 amide bonds. The van der Waals surface area contributed by atoms with Crippen LogP contribution in [0.5, 0.6) is 0 Å². The van der Waals surface area contributed by atoms with Gasteiger partial charge in [0.25, 0.3) is 0 Å². The van der Waals surface area contributed by atoms with Crippen molar-refractivity contribution in [1.82, 2.24) is 0 Å². The van der Waals surface area contributed by atoms with Crippen molar-refractivity contribution in [3.63, 3.8) is 0 Å². The fourth-order valence-electron chi connectivity index (χ4n) is 1.23. The van der Waals surface area contributed by atoms with Crippen molar-refractivity contribution < 1.29 is 9.53 Å². The molecule has 0 aliphatic rings. The van der Waals surface area contributed by atoms with Crippen LogP contribution in [0.15, 0.2) is 12.1 Å². The first-order chi connectivity index (χ1) is 7.74. The quantitative estimate of drug-likeness (QED) is 0.569. The van der Waals surface area contributed by atoms with E-state index in [1.807, 2.05) is 0 Å². The van der Waals surface area contributed by atoms with E-state index in [0.717, 1.165) is 5.56 Å². The third kappa shape index (κ3) is 4.16. The second kappa shape index (κ2) is 5.59. The van der Waals surface area contributed by atoms with Crippen molar-refractivity contribution in [2.45, 2.75) is 31.7 Å². The van der Waals surface area contributed by atoms with Crippen molar-refractivity contribution in [3.05, 3.63) is 33.3 Å². The normalized spacial score (nSPS) is 11.4. The summed E-state index contributed by atoms with van der Waals surface area (Å²) in [6, 6.07) is 3.39. The van der Waals surface area contributed by atoms with E-state index in [1.165, 1.54) is 0 Å². The molecule has 0 aliphatic carbocycles. The molecule has 0 spiro atoms. The zero-order valence-electron chi connectivity index (χ0n) is 9.81. The number of hydrogen-bond donors (Lipinski definition) is 0. The lowest BCUT2D eigenvalue weighted by molar-refractivity contribution is 0.00700. The van der Waals surface area contributed by atoms with Crippen LogP contribution in [0, 0.1) is 0 Å². The molecule has 0 aromatic heterocycles. The van der Waals surface area contributed by atoms with Gasteiger partial charge < -0.3 is 4.74 Å². The maximum atomic E-state index is 11.9. The molecular formula is C12H13BrCl2O2. The van der Waals surface area contributed by atoms with Gasteiger partial charge in [-0.1, -0.05) is 39.1 Å². The fourth-order valence-corrected chi connectivity index (χ4v) is 2.24. The first-order valence-corrected chi connectivity index (χ1v) is 6.89. The predicted octanol–water partition coefficient (Wildman–Crippen LogP) is 4.84. The summed E-state index contributed by atoms with van der Waals surface area (Å²) in [6.07, 6.45) is 0. The van der Waals surface area contributed by atoms with Crippen molar-refractivity contribution in [1.29, 1.82) is 0 Å². The third-order valence-corrected chi connectivity index (χ3v) is 3.10. The number of halogens is 3. The highest BCUT2D eigenvalue weighted by Gasteiger charge is 2.22. The standard InChI is InChI=1S/C12H13BrCl2O2/c1-12(2,3)17-11(16)10-8(14)4-7(6-13)5-9(10)15/h4-5H,6H2,1-3H3. The molecular weight excluding hydrogens is 327 g/mol. The molecule has 1 rings (SSSR count). The Morgan fingerprint density at radius 3 is 2.12 bits per heavy atom. The Labute approximate surface area is 119 Å². The Morgan fingerprint density at radius 1 is 1.29 bits per heavy atom. The molecule has 2 nitrogen and oxygen atoms in total. The number of carbonyl (C=O) groups is 1. The Hall–Kier alpha value is -0.250. The summed E-state index contributed by atoms with van der Waals surface area (Å²) >= 11 is 15.4. The van der Waals surface area contributed by atoms with E-state index in [9.17, 15) is 4.79 Å². The van der Waals surface area contributed by atoms with Crippen LogP contribution in [0.3, 0.4) is 0 Å². The number of hydrogen-bond acceptors (Lipinski definition) is 2. The highest BCUT2D eigenvalue weighted by atomic mass is 79.9. The first kappa shape index (κ1) is 14.8. The van der Waals surface area contributed by atoms with E-state index < -0.39 is 11.6 Å². The zero-order valence-corrected chi connectivity index (χ0v) is 12.9. The molecule has 17 heavy (non-hydrogen) atoms. The van der Waals surface area contributed by atoms with Gasteiger partial charge >= 0.3 is 5.97 Å². The monoisotopic (exact) mass is 338 g/mol. The number of ether oxygens (including phenoxy) is 1. The molecule has 0 saturated carbocycles. The molecule has 0 radical (unpaired) electrons. The minimum atomic E-state index is -0.572. The number of rotatable bonds is 2. The third-order valence-electron chi connectivity index (χ3n) is 1.86. The summed E-state index contributed by atoms with van der Waals surface area (Å²) in [5.74, 6) is -0.506. The van der Waals surface area contributed by atoms with Crippen molar-refractivity contribution >= 4 is 45.1 Å². The summed E-state index contributed by atoms with van der Waals surface area (Å²) in [7, 11) is 0. The Kier molecular flexibility index (Phi) is 4.87. The van der Waals surface area contributed by atoms with E-state index in [1.54, 1.807) is 32.9 Å². The van der Waals surface area contributed by atoms with Crippen LogP contribution in [0.2, 0.25) is 10.0 Å². The van der Waals surface area contributed by atoms with Crippen LogP contribution in [0.1, 0.15) is 36.7 Å². The number of carbonyl (C=O) groups excluding carboxylic acids is 1. The summed E-state index contributed by atoms with van der Waals surface area (Å²) in [6.45, 7) is 5.37. The number of esters is 1. The van der Waals surface area contributed by atoms with Crippen LogP contribution in [0.25, 0.3) is 0 Å². The molecule has 94 valence electrons. The molecule has 5 heteroatoms. The van der Waals surface area contributed by atoms with Crippen LogP contribution in [-0.2, 0) is 10.1 Å². The average Bonchev–Trinajstić information content (AvgIpc) is 2.13. The van der Waals surface area contributed by atoms with Gasteiger partial charge in [0, 0.05) is 5.33 Å². The smallest absolute Gasteiger partial charge is 0.341 e. The number of alkyl halides is 1. The lowest BCUT2D eigenvalue weighted by Gasteiger charge is -2.20. The Balaban J connectivity index is 3.10. The van der Waals surface area contributed by atoms with Gasteiger partial charge in [-0.15, -0.1) is 0 Å². The van der Waals surface area contributed by atoms with E-state index in [-0.39, 0.29) is 5.56 Å². The molecule has 0 unspecified atom stereocenters. The maximum absolute atomic E-state index is 11.9. The fraction of sp³-hybridized carbons (Fsp3) is 0.417. The lowest BCUT2D eigenvalue weighted by Crippen LogP contribution is -2.24. The van der Waals surface area contributed by atoms with Gasteiger partial charge in [0.2, 0.25) is 0 Å². The summed E-state index contributed by atoms with van der Waals surface area (Å²) in [5.41, 5.74) is 0.554. The van der Waals surface area contributed by atoms with E-state index in [2.05, 4.69) is 15.9 Å². The molecule has 0 fully saturated rings. The highest BCUT2D eigenvalue weighted by Crippen LogP contribution is 2.29. The van der Waals surface area contributed by atoms with Gasteiger partial charge in [-0.05, 0) is 38.5 Å². The molecule has 0 saturated heterocycles. The molecule has 1 aromatic carbocycles. The van der Waals surface area contributed by atoms with Gasteiger partial charge in [0.05, 0.1) is 15.6 Å². The summed E-state index contributed by atoms with van der Waals surface area (Å²) in [5, 5.41) is 1.24. The van der Waals surface area contributed by atoms with Gasteiger partial charge in [-0.25, -0.2) is 4.79 Å². The first-order valence-electron chi connectivity index (χ1n) is 5.02. The SMILES string of the molecule is CC(C)(C)OC(=O)c1c(Cl)cc(CBr)cc1Cl. The number of benzene rings is 1. The van der Waals surface area contributed by atoms with Crippen molar-refractivity contribution in [3.8, 4) is 0 Å². The van der Waals surface area contributed by atoms with Crippen LogP contribution < -0.4 is 0 Å². The second-order valence-electron chi connectivity index (χ2n) is 4.57. The van der Waals surface area contributed by atoms with Crippen LogP contribution in [-0.4, -0.2) is 11.6 Å². The maximum Gasteiger partial charge on any atom is 0.341 e. The minimum Gasteiger partial charge on any atom is -0.456 e. The van der Waals surface area contributed by atoms with Crippen LogP contribution in [0.4, 0.5) is 0 Å². The lowest BCUT2D eigenvalue weighted by atomic mass is 10.1. The molecule has 0 heterocycles. The molecule has 1 aromatic rings. The van der Waals surface area contributed by atoms with Crippen molar-refractivity contribution in [2.24, 2.45) is 0 Å². The molecule has 0 bridgehead atoms. The highest BCUT2D eigenvalue weighted by molar-refractivity contribution is 9.08. The Morgan fingerprint density at radius 2 is 1.76 bits per heavy atom. The zero-order chi connectivity index (χ0) is 13.2. The van der Waals surface area contributed by atoms with Crippen molar-refractivity contribution in [2.75, 3.05) is 0 Å². The van der Waals surface area contributed by atoms with E-state index >= 15 is 0 Å².